The molecule has 0 aliphatic carbocycles. The Balaban J connectivity index is 5.32. The van der Waals surface area contributed by atoms with Gasteiger partial charge in [0.05, 0.1) is 6.54 Å². The number of unbranched alkanes of at least 4 members (excludes halogenated alkanes) is 2. The molecule has 180 valence electrons. The van der Waals surface area contributed by atoms with Crippen molar-refractivity contribution in [2.45, 2.75) is 76.9 Å². The normalized spacial score (nSPS) is 13.9. The molecule has 3 unspecified atom stereocenters. The third-order valence-corrected chi connectivity index (χ3v) is 4.69. The highest BCUT2D eigenvalue weighted by Crippen LogP contribution is 2.08. The van der Waals surface area contributed by atoms with Crippen molar-refractivity contribution in [3.63, 3.8) is 0 Å². The second-order valence-electron chi connectivity index (χ2n) is 7.98. The second-order valence-corrected chi connectivity index (χ2v) is 7.98. The Hall–Kier alpha value is -2.24. The highest BCUT2D eigenvalue weighted by atomic mass is 16.4. The Labute approximate surface area is 184 Å². The number of carbonyl (C=O) groups excluding carboxylic acids is 3. The van der Waals surface area contributed by atoms with Crippen LogP contribution in [-0.4, -0.2) is 66.6 Å². The number of carboxylic acids is 1. The highest BCUT2D eigenvalue weighted by Gasteiger charge is 2.29. The topological polar surface area (TPSA) is 203 Å². The van der Waals surface area contributed by atoms with Crippen LogP contribution >= 0.6 is 0 Å². The van der Waals surface area contributed by atoms with Crippen LogP contribution < -0.4 is 33.2 Å². The first-order valence-electron chi connectivity index (χ1n) is 10.9. The molecule has 0 aromatic rings. The van der Waals surface area contributed by atoms with Crippen LogP contribution in [0.2, 0.25) is 0 Å². The molecular formula is C20H40N6O5. The van der Waals surface area contributed by atoms with Crippen molar-refractivity contribution in [3.8, 4) is 0 Å². The lowest BCUT2D eigenvalue weighted by Crippen LogP contribution is -2.56. The molecule has 3 atom stereocenters. The Kier molecular flexibility index (Phi) is 15.3. The van der Waals surface area contributed by atoms with Gasteiger partial charge in [0.2, 0.25) is 17.7 Å². The molecule has 0 aliphatic heterocycles. The number of hydrogen-bond acceptors (Lipinski definition) is 7. The number of carboxylic acid groups (broad SMARTS) is 1. The first-order chi connectivity index (χ1) is 14.7. The van der Waals surface area contributed by atoms with E-state index in [0.29, 0.717) is 51.6 Å². The summed E-state index contributed by atoms with van der Waals surface area (Å²) in [5.41, 5.74) is 16.3. The van der Waals surface area contributed by atoms with E-state index >= 15 is 0 Å². The highest BCUT2D eigenvalue weighted by molar-refractivity contribution is 5.93. The van der Waals surface area contributed by atoms with Crippen LogP contribution in [0.1, 0.15) is 58.8 Å². The van der Waals surface area contributed by atoms with E-state index in [4.69, 9.17) is 17.2 Å². The molecule has 0 aromatic heterocycles. The zero-order chi connectivity index (χ0) is 23.8. The summed E-state index contributed by atoms with van der Waals surface area (Å²) in [6.07, 6.45) is 3.41. The molecular weight excluding hydrogens is 404 g/mol. The third-order valence-electron chi connectivity index (χ3n) is 4.69. The Morgan fingerprint density at radius 1 is 0.742 bits per heavy atom. The maximum atomic E-state index is 12.8. The van der Waals surface area contributed by atoms with Crippen LogP contribution in [0, 0.1) is 5.92 Å². The van der Waals surface area contributed by atoms with E-state index in [0.717, 1.165) is 0 Å². The largest absolute Gasteiger partial charge is 0.480 e. The Morgan fingerprint density at radius 2 is 1.19 bits per heavy atom. The summed E-state index contributed by atoms with van der Waals surface area (Å²) in [7, 11) is 0. The van der Waals surface area contributed by atoms with Gasteiger partial charge in [-0.2, -0.15) is 0 Å². The van der Waals surface area contributed by atoms with Crippen molar-refractivity contribution < 1.29 is 24.3 Å². The third kappa shape index (κ3) is 12.9. The zero-order valence-electron chi connectivity index (χ0n) is 18.7. The predicted molar refractivity (Wildman–Crippen MR) is 118 cm³/mol. The molecule has 0 rings (SSSR count). The van der Waals surface area contributed by atoms with Gasteiger partial charge in [-0.05, 0) is 64.0 Å². The summed E-state index contributed by atoms with van der Waals surface area (Å²) >= 11 is 0. The average molecular weight is 445 g/mol. The Morgan fingerprint density at radius 3 is 1.58 bits per heavy atom. The zero-order valence-corrected chi connectivity index (χ0v) is 18.7. The number of nitrogens with two attached hydrogens (primary N) is 3. The van der Waals surface area contributed by atoms with Crippen molar-refractivity contribution in [2.75, 3.05) is 19.6 Å². The Bertz CT molecular complexity index is 572. The molecule has 31 heavy (non-hydrogen) atoms. The maximum Gasteiger partial charge on any atom is 0.326 e. The van der Waals surface area contributed by atoms with Gasteiger partial charge in [0.25, 0.3) is 0 Å². The first kappa shape index (κ1) is 28.8. The van der Waals surface area contributed by atoms with Gasteiger partial charge in [0, 0.05) is 0 Å². The van der Waals surface area contributed by atoms with Crippen molar-refractivity contribution in [1.29, 1.82) is 0 Å². The molecule has 3 amide bonds. The van der Waals surface area contributed by atoms with Gasteiger partial charge in [-0.3, -0.25) is 14.4 Å². The summed E-state index contributed by atoms with van der Waals surface area (Å²) in [4.78, 5) is 48.8. The lowest BCUT2D eigenvalue weighted by atomic mass is 10.0. The molecule has 0 heterocycles. The van der Waals surface area contributed by atoms with Gasteiger partial charge in [0.15, 0.2) is 0 Å². The van der Waals surface area contributed by atoms with Gasteiger partial charge < -0.3 is 38.3 Å². The molecule has 10 N–H and O–H groups in total. The smallest absolute Gasteiger partial charge is 0.326 e. The van der Waals surface area contributed by atoms with Crippen LogP contribution in [0.25, 0.3) is 0 Å². The quantitative estimate of drug-likeness (QED) is 0.135. The van der Waals surface area contributed by atoms with Gasteiger partial charge in [-0.15, -0.1) is 0 Å². The monoisotopic (exact) mass is 444 g/mol. The van der Waals surface area contributed by atoms with Crippen LogP contribution in [0.3, 0.4) is 0 Å². The molecule has 0 spiro atoms. The van der Waals surface area contributed by atoms with Crippen LogP contribution in [0.15, 0.2) is 0 Å². The summed E-state index contributed by atoms with van der Waals surface area (Å²) in [6, 6.07) is -2.86. The van der Waals surface area contributed by atoms with Crippen LogP contribution in [0.4, 0.5) is 0 Å². The SMILES string of the molecule is CC(C)CC(NC(=O)C(CCCCN)NC(=O)C(CCCCN)NC(=O)CN)C(=O)O. The van der Waals surface area contributed by atoms with E-state index in [1.165, 1.54) is 0 Å². The number of rotatable bonds is 17. The van der Waals surface area contributed by atoms with Gasteiger partial charge in [-0.25, -0.2) is 4.79 Å². The molecule has 0 aromatic carbocycles. The minimum atomic E-state index is -1.14. The minimum Gasteiger partial charge on any atom is -0.480 e. The fourth-order valence-corrected chi connectivity index (χ4v) is 3.01. The summed E-state index contributed by atoms with van der Waals surface area (Å²) in [5.74, 6) is -2.67. The number of aliphatic carboxylic acids is 1. The van der Waals surface area contributed by atoms with E-state index in [1.807, 2.05) is 13.8 Å². The fourth-order valence-electron chi connectivity index (χ4n) is 3.01. The van der Waals surface area contributed by atoms with Crippen molar-refractivity contribution in [2.24, 2.45) is 23.1 Å². The van der Waals surface area contributed by atoms with Crippen molar-refractivity contribution in [3.05, 3.63) is 0 Å². The van der Waals surface area contributed by atoms with Crippen molar-refractivity contribution in [1.82, 2.24) is 16.0 Å². The number of nitrogens with one attached hydrogen (secondary N) is 3. The van der Waals surface area contributed by atoms with E-state index < -0.39 is 41.8 Å². The molecule has 11 heteroatoms. The van der Waals surface area contributed by atoms with Crippen molar-refractivity contribution >= 4 is 23.7 Å². The lowest BCUT2D eigenvalue weighted by molar-refractivity contribution is -0.142. The van der Waals surface area contributed by atoms with Crippen LogP contribution in [0.5, 0.6) is 0 Å². The fraction of sp³-hybridized carbons (Fsp3) is 0.800. The summed E-state index contributed by atoms with van der Waals surface area (Å²) < 4.78 is 0. The maximum absolute atomic E-state index is 12.8. The average Bonchev–Trinajstić information content (AvgIpc) is 2.71. The minimum absolute atomic E-state index is 0.0603. The summed E-state index contributed by atoms with van der Waals surface area (Å²) in [5, 5.41) is 17.1. The van der Waals surface area contributed by atoms with Gasteiger partial charge in [0.1, 0.15) is 18.1 Å². The molecule has 0 saturated heterocycles. The van der Waals surface area contributed by atoms with E-state index in [9.17, 15) is 24.3 Å². The molecule has 0 saturated carbocycles. The first-order valence-corrected chi connectivity index (χ1v) is 10.9. The lowest BCUT2D eigenvalue weighted by Gasteiger charge is -2.25. The molecule has 11 nitrogen and oxygen atoms in total. The molecule has 0 radical (unpaired) electrons. The number of hydrogen-bond donors (Lipinski definition) is 7. The summed E-state index contributed by atoms with van der Waals surface area (Å²) in [6.45, 7) is 4.33. The van der Waals surface area contributed by atoms with Crippen LogP contribution in [-0.2, 0) is 19.2 Å². The van der Waals surface area contributed by atoms with Gasteiger partial charge >= 0.3 is 5.97 Å². The van der Waals surface area contributed by atoms with E-state index in [-0.39, 0.29) is 18.9 Å². The molecule has 0 bridgehead atoms. The van der Waals surface area contributed by atoms with Gasteiger partial charge in [-0.1, -0.05) is 13.8 Å². The second kappa shape index (κ2) is 16.5. The number of carbonyl (C=O) groups is 4. The predicted octanol–water partition coefficient (Wildman–Crippen LogP) is -1.21. The van der Waals surface area contributed by atoms with E-state index in [2.05, 4.69) is 16.0 Å². The molecule has 0 fully saturated rings. The van der Waals surface area contributed by atoms with E-state index in [1.54, 1.807) is 0 Å². The number of amides is 3. The standard InChI is InChI=1S/C20H40N6O5/c1-13(2)11-16(20(30)31)26-19(29)15(8-4-6-10-22)25-18(28)14(7-3-5-9-21)24-17(27)12-23/h13-16H,3-12,21-23H2,1-2H3,(H,24,27)(H,25,28)(H,26,29)(H,30,31). The molecule has 0 aliphatic rings.